The molecule has 6 heteroatoms. The lowest BCUT2D eigenvalue weighted by molar-refractivity contribution is -0.177. The molecule has 5 nitrogen and oxygen atoms in total. The standard InChI is InChI=1S/C14H20FN3O2/c1-13(2)10(7-14(13,3)20-4)17-12(19)18-11-6-5-9(15)8-16-11/h5-6,8,10H,7H2,1-4H3,(H2,16,17,18,19). The summed E-state index contributed by atoms with van der Waals surface area (Å²) in [6.45, 7) is 6.15. The Morgan fingerprint density at radius 1 is 1.45 bits per heavy atom. The summed E-state index contributed by atoms with van der Waals surface area (Å²) in [7, 11) is 1.68. The van der Waals surface area contributed by atoms with Crippen LogP contribution in [-0.2, 0) is 4.74 Å². The minimum absolute atomic E-state index is 0.0212. The largest absolute Gasteiger partial charge is 0.378 e. The number of carbonyl (C=O) groups is 1. The third-order valence-electron chi connectivity index (χ3n) is 4.55. The molecule has 1 aliphatic carbocycles. The van der Waals surface area contributed by atoms with Gasteiger partial charge in [0, 0.05) is 18.6 Å². The molecule has 1 aromatic heterocycles. The molecule has 20 heavy (non-hydrogen) atoms. The van der Waals surface area contributed by atoms with Crippen molar-refractivity contribution in [3.63, 3.8) is 0 Å². The second kappa shape index (κ2) is 5.01. The Morgan fingerprint density at radius 3 is 2.65 bits per heavy atom. The zero-order valence-corrected chi connectivity index (χ0v) is 12.2. The number of nitrogens with zero attached hydrogens (tertiary/aromatic N) is 1. The van der Waals surface area contributed by atoms with Gasteiger partial charge >= 0.3 is 6.03 Å². The number of nitrogens with one attached hydrogen (secondary N) is 2. The maximum absolute atomic E-state index is 12.7. The van der Waals surface area contributed by atoms with Gasteiger partial charge in [-0.3, -0.25) is 5.32 Å². The summed E-state index contributed by atoms with van der Waals surface area (Å²) >= 11 is 0. The Morgan fingerprint density at radius 2 is 2.15 bits per heavy atom. The number of hydrogen-bond donors (Lipinski definition) is 2. The van der Waals surface area contributed by atoms with Crippen molar-refractivity contribution in [3.8, 4) is 0 Å². The summed E-state index contributed by atoms with van der Waals surface area (Å²) < 4.78 is 18.2. The lowest BCUT2D eigenvalue weighted by Gasteiger charge is -2.58. The molecular weight excluding hydrogens is 261 g/mol. The molecule has 1 aliphatic rings. The highest BCUT2D eigenvalue weighted by Gasteiger charge is 2.58. The van der Waals surface area contributed by atoms with Crippen molar-refractivity contribution < 1.29 is 13.9 Å². The monoisotopic (exact) mass is 281 g/mol. The first kappa shape index (κ1) is 14.7. The molecule has 0 aliphatic heterocycles. The fourth-order valence-electron chi connectivity index (χ4n) is 2.48. The number of rotatable bonds is 3. The van der Waals surface area contributed by atoms with Crippen LogP contribution in [0.2, 0.25) is 0 Å². The van der Waals surface area contributed by atoms with Gasteiger partial charge in [0.05, 0.1) is 11.8 Å². The lowest BCUT2D eigenvalue weighted by atomic mass is 9.56. The molecule has 0 radical (unpaired) electrons. The van der Waals surface area contributed by atoms with Crippen LogP contribution in [0.25, 0.3) is 0 Å². The number of urea groups is 1. The second-order valence-corrected chi connectivity index (χ2v) is 5.87. The number of methoxy groups -OCH3 is 1. The Labute approximate surface area is 117 Å². The molecular formula is C14H20FN3O2. The van der Waals surface area contributed by atoms with Crippen molar-refractivity contribution in [2.24, 2.45) is 5.41 Å². The molecule has 2 amide bonds. The van der Waals surface area contributed by atoms with Gasteiger partial charge in [0.2, 0.25) is 0 Å². The van der Waals surface area contributed by atoms with E-state index in [0.717, 1.165) is 12.6 Å². The molecule has 0 saturated heterocycles. The fourth-order valence-corrected chi connectivity index (χ4v) is 2.48. The Balaban J connectivity index is 1.92. The van der Waals surface area contributed by atoms with E-state index in [1.807, 2.05) is 6.92 Å². The van der Waals surface area contributed by atoms with E-state index in [-0.39, 0.29) is 23.1 Å². The predicted octanol–water partition coefficient (Wildman–Crippen LogP) is 2.55. The summed E-state index contributed by atoms with van der Waals surface area (Å²) in [5, 5.41) is 5.48. The van der Waals surface area contributed by atoms with Crippen LogP contribution in [0.5, 0.6) is 0 Å². The lowest BCUT2D eigenvalue weighted by Crippen LogP contribution is -2.68. The van der Waals surface area contributed by atoms with E-state index in [9.17, 15) is 9.18 Å². The second-order valence-electron chi connectivity index (χ2n) is 5.87. The third-order valence-corrected chi connectivity index (χ3v) is 4.55. The van der Waals surface area contributed by atoms with Crippen LogP contribution in [0.3, 0.4) is 0 Å². The van der Waals surface area contributed by atoms with Gasteiger partial charge in [-0.25, -0.2) is 14.2 Å². The molecule has 0 bridgehead atoms. The number of aromatic nitrogens is 1. The molecule has 110 valence electrons. The zero-order valence-electron chi connectivity index (χ0n) is 12.2. The Bertz CT molecular complexity index is 504. The van der Waals surface area contributed by atoms with Crippen molar-refractivity contribution in [2.45, 2.75) is 38.8 Å². The van der Waals surface area contributed by atoms with Crippen LogP contribution in [0.4, 0.5) is 15.0 Å². The van der Waals surface area contributed by atoms with E-state index in [4.69, 9.17) is 4.74 Å². The van der Waals surface area contributed by atoms with E-state index >= 15 is 0 Å². The van der Waals surface area contributed by atoms with Gasteiger partial charge in [0.15, 0.2) is 0 Å². The van der Waals surface area contributed by atoms with Crippen LogP contribution < -0.4 is 10.6 Å². The highest BCUT2D eigenvalue weighted by Crippen LogP contribution is 2.51. The predicted molar refractivity (Wildman–Crippen MR) is 73.9 cm³/mol. The van der Waals surface area contributed by atoms with Gasteiger partial charge in [0.25, 0.3) is 0 Å². The maximum atomic E-state index is 12.7. The van der Waals surface area contributed by atoms with Crippen LogP contribution >= 0.6 is 0 Å². The van der Waals surface area contributed by atoms with Gasteiger partial charge in [-0.2, -0.15) is 0 Å². The SMILES string of the molecule is COC1(C)CC(NC(=O)Nc2ccc(F)cn2)C1(C)C. The average molecular weight is 281 g/mol. The molecule has 2 rings (SSSR count). The molecule has 2 N–H and O–H groups in total. The third kappa shape index (κ3) is 2.47. The molecule has 1 heterocycles. The van der Waals surface area contributed by atoms with Crippen molar-refractivity contribution in [1.82, 2.24) is 10.3 Å². The van der Waals surface area contributed by atoms with Crippen molar-refractivity contribution in [3.05, 3.63) is 24.1 Å². The summed E-state index contributed by atoms with van der Waals surface area (Å²) in [6.07, 6.45) is 1.81. The minimum Gasteiger partial charge on any atom is -0.378 e. The molecule has 1 aromatic rings. The van der Waals surface area contributed by atoms with E-state index in [0.29, 0.717) is 5.82 Å². The van der Waals surface area contributed by atoms with Gasteiger partial charge in [0.1, 0.15) is 11.6 Å². The Kier molecular flexibility index (Phi) is 3.69. The van der Waals surface area contributed by atoms with Crippen molar-refractivity contribution in [1.29, 1.82) is 0 Å². The van der Waals surface area contributed by atoms with E-state index in [1.165, 1.54) is 12.1 Å². The smallest absolute Gasteiger partial charge is 0.320 e. The topological polar surface area (TPSA) is 63.2 Å². The number of halogens is 1. The maximum Gasteiger partial charge on any atom is 0.320 e. The first-order valence-corrected chi connectivity index (χ1v) is 6.53. The van der Waals surface area contributed by atoms with Gasteiger partial charge in [-0.1, -0.05) is 13.8 Å². The number of pyridine rings is 1. The van der Waals surface area contributed by atoms with E-state index < -0.39 is 5.82 Å². The molecule has 1 saturated carbocycles. The molecule has 0 spiro atoms. The Hall–Kier alpha value is -1.69. The summed E-state index contributed by atoms with van der Waals surface area (Å²) in [4.78, 5) is 15.7. The van der Waals surface area contributed by atoms with Crippen LogP contribution in [0, 0.1) is 11.2 Å². The first-order chi connectivity index (χ1) is 9.28. The van der Waals surface area contributed by atoms with E-state index in [1.54, 1.807) is 7.11 Å². The highest BCUT2D eigenvalue weighted by molar-refractivity contribution is 5.88. The zero-order chi connectivity index (χ0) is 15.0. The van der Waals surface area contributed by atoms with Gasteiger partial charge in [-0.05, 0) is 25.5 Å². The molecule has 0 aromatic carbocycles. The number of amides is 2. The van der Waals surface area contributed by atoms with Crippen molar-refractivity contribution in [2.75, 3.05) is 12.4 Å². The quantitative estimate of drug-likeness (QED) is 0.895. The number of ether oxygens (including phenoxy) is 1. The number of carbonyl (C=O) groups excluding carboxylic acids is 1. The minimum atomic E-state index is -0.438. The number of anilines is 1. The average Bonchev–Trinajstić information content (AvgIpc) is 2.40. The van der Waals surface area contributed by atoms with E-state index in [2.05, 4.69) is 29.5 Å². The van der Waals surface area contributed by atoms with Gasteiger partial charge < -0.3 is 10.1 Å². The van der Waals surface area contributed by atoms with Crippen molar-refractivity contribution >= 4 is 11.8 Å². The van der Waals surface area contributed by atoms with Crippen LogP contribution in [-0.4, -0.2) is 29.8 Å². The normalized spacial score (nSPS) is 27.6. The van der Waals surface area contributed by atoms with Crippen LogP contribution in [0.15, 0.2) is 18.3 Å². The molecule has 2 atom stereocenters. The molecule has 1 fully saturated rings. The first-order valence-electron chi connectivity index (χ1n) is 6.53. The summed E-state index contributed by atoms with van der Waals surface area (Å²) in [5.74, 6) is -0.123. The number of hydrogen-bond acceptors (Lipinski definition) is 3. The summed E-state index contributed by atoms with van der Waals surface area (Å²) in [6, 6.07) is 2.34. The van der Waals surface area contributed by atoms with Crippen LogP contribution in [0.1, 0.15) is 27.2 Å². The molecule has 2 unspecified atom stereocenters. The summed E-state index contributed by atoms with van der Waals surface area (Å²) in [5.41, 5.74) is -0.394. The highest BCUT2D eigenvalue weighted by atomic mass is 19.1. The van der Waals surface area contributed by atoms with Gasteiger partial charge in [-0.15, -0.1) is 0 Å². The fraction of sp³-hybridized carbons (Fsp3) is 0.571.